The van der Waals surface area contributed by atoms with Gasteiger partial charge >= 0.3 is 5.97 Å². The summed E-state index contributed by atoms with van der Waals surface area (Å²) in [7, 11) is 0. The van der Waals surface area contributed by atoms with Gasteiger partial charge in [0, 0.05) is 0 Å². The number of carbonyl (C=O) groups excluding carboxylic acids is 1. The van der Waals surface area contributed by atoms with Crippen molar-refractivity contribution in [3.63, 3.8) is 0 Å². The van der Waals surface area contributed by atoms with Gasteiger partial charge < -0.3 is 5.11 Å². The topological polar surface area (TPSA) is 83.6 Å². The predicted octanol–water partition coefficient (Wildman–Crippen LogP) is -0.652. The van der Waals surface area contributed by atoms with E-state index < -0.39 is 17.9 Å². The molecular weight excluding hydrogens is 148 g/mol. The summed E-state index contributed by atoms with van der Waals surface area (Å²) >= 11 is 0. The van der Waals surface area contributed by atoms with E-state index in [1.165, 1.54) is 6.92 Å². The normalized spacial score (nSPS) is 11.8. The predicted molar refractivity (Wildman–Crippen MR) is 38.3 cm³/mol. The molecule has 0 aromatic heterocycles. The van der Waals surface area contributed by atoms with Crippen LogP contribution in [0.25, 0.3) is 0 Å². The summed E-state index contributed by atoms with van der Waals surface area (Å²) in [6.45, 7) is 4.47. The molecule has 3 N–H and O–H groups in total. The molecular formula is C6H10N2O3. The molecule has 5 heteroatoms. The molecule has 0 spiro atoms. The molecule has 0 aromatic carbocycles. The SMILES string of the molecule is C=CC(=O)N(N)C(C)C(=O)O. The van der Waals surface area contributed by atoms with Crippen LogP contribution in [0.15, 0.2) is 12.7 Å². The Hall–Kier alpha value is -1.36. The fourth-order valence-electron chi connectivity index (χ4n) is 0.415. The second kappa shape index (κ2) is 3.72. The van der Waals surface area contributed by atoms with E-state index in [9.17, 15) is 9.59 Å². The zero-order valence-corrected chi connectivity index (χ0v) is 6.15. The first-order valence-corrected chi connectivity index (χ1v) is 2.93. The average Bonchev–Trinajstić information content (AvgIpc) is 2.00. The Morgan fingerprint density at radius 2 is 2.18 bits per heavy atom. The molecule has 0 bridgehead atoms. The van der Waals surface area contributed by atoms with Crippen LogP contribution in [0.5, 0.6) is 0 Å². The maximum atomic E-state index is 10.7. The van der Waals surface area contributed by atoms with Crippen LogP contribution in [-0.4, -0.2) is 28.0 Å². The Bertz CT molecular complexity index is 190. The minimum Gasteiger partial charge on any atom is -0.480 e. The van der Waals surface area contributed by atoms with E-state index in [0.29, 0.717) is 5.01 Å². The van der Waals surface area contributed by atoms with E-state index in [0.717, 1.165) is 6.08 Å². The van der Waals surface area contributed by atoms with Gasteiger partial charge in [-0.1, -0.05) is 6.58 Å². The lowest BCUT2D eigenvalue weighted by molar-refractivity contribution is -0.147. The van der Waals surface area contributed by atoms with Crippen LogP contribution in [0.4, 0.5) is 0 Å². The smallest absolute Gasteiger partial charge is 0.327 e. The first-order chi connectivity index (χ1) is 5.00. The van der Waals surface area contributed by atoms with Crippen LogP contribution in [0.2, 0.25) is 0 Å². The largest absolute Gasteiger partial charge is 0.480 e. The number of rotatable bonds is 3. The average molecular weight is 158 g/mol. The Kier molecular flexibility index (Phi) is 3.26. The molecule has 1 unspecified atom stereocenters. The number of hydrogen-bond donors (Lipinski definition) is 2. The van der Waals surface area contributed by atoms with Crippen molar-refractivity contribution in [1.82, 2.24) is 5.01 Å². The third kappa shape index (κ3) is 2.38. The van der Waals surface area contributed by atoms with Gasteiger partial charge in [-0.3, -0.25) is 9.80 Å². The van der Waals surface area contributed by atoms with E-state index in [4.69, 9.17) is 10.9 Å². The molecule has 5 nitrogen and oxygen atoms in total. The fourth-order valence-corrected chi connectivity index (χ4v) is 0.415. The highest BCUT2D eigenvalue weighted by Crippen LogP contribution is 1.92. The lowest BCUT2D eigenvalue weighted by atomic mass is 10.3. The Balaban J connectivity index is 4.23. The molecule has 0 radical (unpaired) electrons. The summed E-state index contributed by atoms with van der Waals surface area (Å²) in [5, 5.41) is 9.00. The number of nitrogens with two attached hydrogens (primary N) is 1. The van der Waals surface area contributed by atoms with Crippen molar-refractivity contribution in [3.8, 4) is 0 Å². The van der Waals surface area contributed by atoms with Crippen molar-refractivity contribution in [3.05, 3.63) is 12.7 Å². The number of carboxylic acid groups (broad SMARTS) is 1. The molecule has 1 atom stereocenters. The first-order valence-electron chi connectivity index (χ1n) is 2.93. The van der Waals surface area contributed by atoms with Crippen LogP contribution in [0, 0.1) is 0 Å². The molecule has 0 heterocycles. The van der Waals surface area contributed by atoms with Crippen molar-refractivity contribution in [1.29, 1.82) is 0 Å². The third-order valence-corrected chi connectivity index (χ3v) is 1.20. The number of amides is 1. The zero-order valence-electron chi connectivity index (χ0n) is 6.15. The monoisotopic (exact) mass is 158 g/mol. The Morgan fingerprint density at radius 3 is 2.45 bits per heavy atom. The van der Waals surface area contributed by atoms with Crippen molar-refractivity contribution in [2.45, 2.75) is 13.0 Å². The van der Waals surface area contributed by atoms with Crippen LogP contribution in [0.1, 0.15) is 6.92 Å². The molecule has 0 fully saturated rings. The van der Waals surface area contributed by atoms with Crippen molar-refractivity contribution >= 4 is 11.9 Å². The molecule has 62 valence electrons. The summed E-state index contributed by atoms with van der Waals surface area (Å²) < 4.78 is 0. The van der Waals surface area contributed by atoms with Gasteiger partial charge in [0.1, 0.15) is 6.04 Å². The third-order valence-electron chi connectivity index (χ3n) is 1.20. The molecule has 0 saturated heterocycles. The maximum absolute atomic E-state index is 10.7. The number of nitrogens with zero attached hydrogens (tertiary/aromatic N) is 1. The maximum Gasteiger partial charge on any atom is 0.327 e. The lowest BCUT2D eigenvalue weighted by Crippen LogP contribution is -2.47. The molecule has 0 aromatic rings. The van der Waals surface area contributed by atoms with Gasteiger partial charge in [0.05, 0.1) is 0 Å². The summed E-state index contributed by atoms with van der Waals surface area (Å²) in [6, 6.07) is -1.03. The standard InChI is InChI=1S/C6H10N2O3/c1-3-5(9)8(7)4(2)6(10)11/h3-4H,1,7H2,2H3,(H,10,11). The lowest BCUT2D eigenvalue weighted by Gasteiger charge is -2.18. The van der Waals surface area contributed by atoms with Crippen LogP contribution in [0.3, 0.4) is 0 Å². The second-order valence-electron chi connectivity index (χ2n) is 1.96. The number of carboxylic acids is 1. The van der Waals surface area contributed by atoms with E-state index in [-0.39, 0.29) is 0 Å². The molecule has 0 aliphatic rings. The minimum atomic E-state index is -1.15. The highest BCUT2D eigenvalue weighted by Gasteiger charge is 2.19. The van der Waals surface area contributed by atoms with Gasteiger partial charge in [-0.2, -0.15) is 0 Å². The quantitative estimate of drug-likeness (QED) is 0.247. The molecule has 11 heavy (non-hydrogen) atoms. The zero-order chi connectivity index (χ0) is 9.02. The molecule has 1 amide bonds. The van der Waals surface area contributed by atoms with E-state index >= 15 is 0 Å². The summed E-state index contributed by atoms with van der Waals surface area (Å²) in [5.41, 5.74) is 0. The summed E-state index contributed by atoms with van der Waals surface area (Å²) in [5.74, 6) is 3.34. The number of carbonyl (C=O) groups is 2. The van der Waals surface area contributed by atoms with Gasteiger partial charge in [0.2, 0.25) is 0 Å². The highest BCUT2D eigenvalue weighted by molar-refractivity contribution is 5.90. The first kappa shape index (κ1) is 9.64. The molecule has 0 saturated carbocycles. The van der Waals surface area contributed by atoms with Crippen molar-refractivity contribution in [2.75, 3.05) is 0 Å². The Labute approximate surface area is 64.1 Å². The van der Waals surface area contributed by atoms with E-state index in [2.05, 4.69) is 6.58 Å². The minimum absolute atomic E-state index is 0.606. The number of hydrazine groups is 1. The summed E-state index contributed by atoms with van der Waals surface area (Å²) in [4.78, 5) is 20.9. The Morgan fingerprint density at radius 1 is 1.73 bits per heavy atom. The number of hydrogen-bond acceptors (Lipinski definition) is 3. The van der Waals surface area contributed by atoms with Crippen molar-refractivity contribution < 1.29 is 14.7 Å². The number of aliphatic carboxylic acids is 1. The second-order valence-corrected chi connectivity index (χ2v) is 1.96. The molecule has 0 rings (SSSR count). The van der Waals surface area contributed by atoms with Gasteiger partial charge in [-0.05, 0) is 13.0 Å². The van der Waals surface area contributed by atoms with Crippen LogP contribution >= 0.6 is 0 Å². The van der Waals surface area contributed by atoms with Crippen molar-refractivity contribution in [2.24, 2.45) is 5.84 Å². The molecule has 0 aliphatic heterocycles. The van der Waals surface area contributed by atoms with Gasteiger partial charge in [0.25, 0.3) is 5.91 Å². The van der Waals surface area contributed by atoms with Gasteiger partial charge in [-0.25, -0.2) is 10.6 Å². The highest BCUT2D eigenvalue weighted by atomic mass is 16.4. The van der Waals surface area contributed by atoms with E-state index in [1.54, 1.807) is 0 Å². The molecule has 0 aliphatic carbocycles. The van der Waals surface area contributed by atoms with Gasteiger partial charge in [-0.15, -0.1) is 0 Å². The fraction of sp³-hybridized carbons (Fsp3) is 0.333. The van der Waals surface area contributed by atoms with Gasteiger partial charge in [0.15, 0.2) is 0 Å². The summed E-state index contributed by atoms with van der Waals surface area (Å²) in [6.07, 6.45) is 0.958. The van der Waals surface area contributed by atoms with Crippen LogP contribution in [-0.2, 0) is 9.59 Å². The van der Waals surface area contributed by atoms with Crippen LogP contribution < -0.4 is 5.84 Å². The van der Waals surface area contributed by atoms with E-state index in [1.807, 2.05) is 0 Å².